The van der Waals surface area contributed by atoms with E-state index in [0.29, 0.717) is 12.8 Å². The number of hydrogen-bond acceptors (Lipinski definition) is 2. The Morgan fingerprint density at radius 1 is 1.41 bits per heavy atom. The van der Waals surface area contributed by atoms with Crippen LogP contribution < -0.4 is 16.0 Å². The van der Waals surface area contributed by atoms with Crippen molar-refractivity contribution in [2.75, 3.05) is 0 Å². The van der Waals surface area contributed by atoms with Crippen LogP contribution in [0, 0.1) is 11.7 Å². The number of nitrogens with zero attached hydrogens (tertiary/aromatic N) is 1. The molecule has 22 heavy (non-hydrogen) atoms. The van der Waals surface area contributed by atoms with Crippen molar-refractivity contribution in [3.05, 3.63) is 58.0 Å². The van der Waals surface area contributed by atoms with Crippen LogP contribution in [-0.2, 0) is 18.3 Å². The molecule has 1 aliphatic carbocycles. The van der Waals surface area contributed by atoms with Crippen LogP contribution in [0.1, 0.15) is 17.5 Å². The van der Waals surface area contributed by atoms with E-state index in [1.807, 2.05) is 30.0 Å². The Balaban J connectivity index is 2.01. The van der Waals surface area contributed by atoms with Crippen molar-refractivity contribution in [1.82, 2.24) is 10.0 Å². The Morgan fingerprint density at radius 3 is 2.82 bits per heavy atom. The van der Waals surface area contributed by atoms with Gasteiger partial charge in [-0.2, -0.15) is 0 Å². The summed E-state index contributed by atoms with van der Waals surface area (Å²) in [6.45, 7) is 0. The fourth-order valence-corrected chi connectivity index (χ4v) is 2.91. The summed E-state index contributed by atoms with van der Waals surface area (Å²) >= 11 is 0. The first-order valence-corrected chi connectivity index (χ1v) is 7.13. The Kier molecular flexibility index (Phi) is 3.81. The topological polar surface area (TPSA) is 54.3 Å². The number of fused-ring (bicyclic) bond motifs is 1. The summed E-state index contributed by atoms with van der Waals surface area (Å²) in [5, 5.41) is 10.9. The number of halogens is 1. The molecule has 1 heterocycles. The van der Waals surface area contributed by atoms with Gasteiger partial charge in [-0.1, -0.05) is 24.3 Å². The lowest BCUT2D eigenvalue weighted by atomic mass is 9.96. The zero-order valence-electron chi connectivity index (χ0n) is 12.2. The van der Waals surface area contributed by atoms with E-state index in [-0.39, 0.29) is 11.7 Å². The molecule has 1 atom stereocenters. The predicted molar refractivity (Wildman–Crippen MR) is 80.8 cm³/mol. The van der Waals surface area contributed by atoms with Gasteiger partial charge < -0.3 is 4.57 Å². The second kappa shape index (κ2) is 5.77. The summed E-state index contributed by atoms with van der Waals surface area (Å²) in [7, 11) is 1.96. The van der Waals surface area contributed by atoms with E-state index in [0.717, 1.165) is 21.7 Å². The molecule has 0 saturated heterocycles. The Morgan fingerprint density at radius 2 is 2.14 bits per heavy atom. The number of nitrogens with one attached hydrogen (secondary N) is 1. The van der Waals surface area contributed by atoms with Crippen molar-refractivity contribution in [3.8, 4) is 0 Å². The maximum Gasteiger partial charge on any atom is 0.250 e. The SMILES string of the molecule is Cn1cc(Cc2ccc(F)cc2)c2c1=CCC(C(=O)NO)C=2. The predicted octanol–water partition coefficient (Wildman–Crippen LogP) is 0.841. The van der Waals surface area contributed by atoms with E-state index in [4.69, 9.17) is 5.21 Å². The molecule has 0 radical (unpaired) electrons. The third kappa shape index (κ3) is 2.67. The van der Waals surface area contributed by atoms with Crippen molar-refractivity contribution < 1.29 is 14.4 Å². The van der Waals surface area contributed by atoms with Gasteiger partial charge in [-0.15, -0.1) is 0 Å². The lowest BCUT2D eigenvalue weighted by molar-refractivity contribution is -0.131. The molecular formula is C17H17FN2O2. The normalized spacial score (nSPS) is 16.4. The quantitative estimate of drug-likeness (QED) is 0.652. The number of aryl methyl sites for hydroxylation is 1. The molecule has 5 heteroatoms. The van der Waals surface area contributed by atoms with Gasteiger partial charge in [0.05, 0.1) is 5.92 Å². The first kappa shape index (κ1) is 14.5. The molecule has 0 bridgehead atoms. The van der Waals surface area contributed by atoms with Gasteiger partial charge in [-0.3, -0.25) is 10.0 Å². The zero-order valence-corrected chi connectivity index (χ0v) is 12.2. The highest BCUT2D eigenvalue weighted by Gasteiger charge is 2.18. The van der Waals surface area contributed by atoms with Crippen molar-refractivity contribution >= 4 is 18.1 Å². The average molecular weight is 300 g/mol. The van der Waals surface area contributed by atoms with Crippen molar-refractivity contribution in [2.45, 2.75) is 12.8 Å². The molecule has 0 aliphatic heterocycles. The fraction of sp³-hybridized carbons (Fsp3) is 0.235. The molecule has 114 valence electrons. The van der Waals surface area contributed by atoms with Crippen LogP contribution in [-0.4, -0.2) is 15.7 Å². The second-order valence-corrected chi connectivity index (χ2v) is 5.56. The number of hydroxylamine groups is 1. The van der Waals surface area contributed by atoms with E-state index < -0.39 is 5.91 Å². The molecule has 3 rings (SSSR count). The number of aromatic nitrogens is 1. The third-order valence-electron chi connectivity index (χ3n) is 4.04. The van der Waals surface area contributed by atoms with Crippen LogP contribution in [0.15, 0.2) is 30.5 Å². The molecule has 1 amide bonds. The number of hydrogen-bond donors (Lipinski definition) is 2. The molecular weight excluding hydrogens is 283 g/mol. The van der Waals surface area contributed by atoms with Gasteiger partial charge in [-0.25, -0.2) is 9.87 Å². The van der Waals surface area contributed by atoms with Gasteiger partial charge in [0, 0.05) is 18.6 Å². The van der Waals surface area contributed by atoms with Gasteiger partial charge >= 0.3 is 0 Å². The highest BCUT2D eigenvalue weighted by Crippen LogP contribution is 2.12. The molecule has 0 saturated carbocycles. The van der Waals surface area contributed by atoms with E-state index in [1.54, 1.807) is 17.6 Å². The minimum absolute atomic E-state index is 0.251. The van der Waals surface area contributed by atoms with Crippen LogP contribution in [0.2, 0.25) is 0 Å². The summed E-state index contributed by atoms with van der Waals surface area (Å²) in [6, 6.07) is 6.42. The molecule has 1 aromatic heterocycles. The summed E-state index contributed by atoms with van der Waals surface area (Å²) in [5.74, 6) is -1.02. The first-order chi connectivity index (χ1) is 10.6. The Labute approximate surface area is 127 Å². The van der Waals surface area contributed by atoms with Gasteiger partial charge in [0.25, 0.3) is 5.91 Å². The lowest BCUT2D eigenvalue weighted by Gasteiger charge is -2.11. The van der Waals surface area contributed by atoms with Crippen LogP contribution in [0.4, 0.5) is 4.39 Å². The minimum Gasteiger partial charge on any atom is -0.351 e. The fourth-order valence-electron chi connectivity index (χ4n) is 2.91. The Hall–Kier alpha value is -2.40. The molecule has 1 aliphatic rings. The number of amides is 1. The van der Waals surface area contributed by atoms with E-state index in [2.05, 4.69) is 0 Å². The molecule has 4 nitrogen and oxygen atoms in total. The highest BCUT2D eigenvalue weighted by molar-refractivity contribution is 5.84. The lowest BCUT2D eigenvalue weighted by Crippen LogP contribution is -2.37. The standard InChI is InChI=1S/C17H17FN2O2/c1-20-10-13(8-11-2-5-14(18)6-3-11)15-9-12(17(21)19-22)4-7-16(15)20/h2-3,5-7,9-10,12,22H,4,8H2,1H3,(H,19,21). The van der Waals surface area contributed by atoms with Gasteiger partial charge in [-0.05, 0) is 41.3 Å². The molecule has 2 aromatic rings. The summed E-state index contributed by atoms with van der Waals surface area (Å²) in [4.78, 5) is 11.6. The van der Waals surface area contributed by atoms with E-state index in [1.165, 1.54) is 12.1 Å². The van der Waals surface area contributed by atoms with E-state index >= 15 is 0 Å². The van der Waals surface area contributed by atoms with Crippen LogP contribution in [0.25, 0.3) is 12.2 Å². The number of carbonyl (C=O) groups excluding carboxylic acids is 1. The summed E-state index contributed by atoms with van der Waals surface area (Å²) in [5.41, 5.74) is 3.80. The van der Waals surface area contributed by atoms with Crippen molar-refractivity contribution in [2.24, 2.45) is 13.0 Å². The monoisotopic (exact) mass is 300 g/mol. The average Bonchev–Trinajstić information content (AvgIpc) is 2.84. The first-order valence-electron chi connectivity index (χ1n) is 7.13. The molecule has 2 N–H and O–H groups in total. The maximum atomic E-state index is 13.0. The van der Waals surface area contributed by atoms with Crippen molar-refractivity contribution in [3.63, 3.8) is 0 Å². The van der Waals surface area contributed by atoms with E-state index in [9.17, 15) is 9.18 Å². The van der Waals surface area contributed by atoms with Crippen LogP contribution >= 0.6 is 0 Å². The largest absolute Gasteiger partial charge is 0.351 e. The van der Waals surface area contributed by atoms with Gasteiger partial charge in [0.2, 0.25) is 0 Å². The number of benzene rings is 1. The minimum atomic E-state index is -0.404. The van der Waals surface area contributed by atoms with Gasteiger partial charge in [0.1, 0.15) is 5.82 Å². The molecule has 1 unspecified atom stereocenters. The second-order valence-electron chi connectivity index (χ2n) is 5.56. The maximum absolute atomic E-state index is 13.0. The smallest absolute Gasteiger partial charge is 0.250 e. The highest BCUT2D eigenvalue weighted by atomic mass is 19.1. The summed E-state index contributed by atoms with van der Waals surface area (Å²) < 4.78 is 15.0. The number of rotatable bonds is 3. The van der Waals surface area contributed by atoms with Gasteiger partial charge in [0.15, 0.2) is 0 Å². The van der Waals surface area contributed by atoms with Crippen LogP contribution in [0.3, 0.4) is 0 Å². The molecule has 1 aromatic carbocycles. The zero-order chi connectivity index (χ0) is 15.7. The molecule has 0 fully saturated rings. The van der Waals surface area contributed by atoms with Crippen LogP contribution in [0.5, 0.6) is 0 Å². The third-order valence-corrected chi connectivity index (χ3v) is 4.04. The Bertz CT molecular complexity index is 822. The molecule has 0 spiro atoms. The van der Waals surface area contributed by atoms with Crippen molar-refractivity contribution in [1.29, 1.82) is 0 Å². The summed E-state index contributed by atoms with van der Waals surface area (Å²) in [6.07, 6.45) is 7.15. The number of carbonyl (C=O) groups is 1.